The van der Waals surface area contributed by atoms with Crippen LogP contribution in [0.3, 0.4) is 0 Å². The number of phenols is 1. The van der Waals surface area contributed by atoms with Crippen molar-refractivity contribution in [3.63, 3.8) is 0 Å². The van der Waals surface area contributed by atoms with Crippen molar-refractivity contribution in [3.05, 3.63) is 35.6 Å². The summed E-state index contributed by atoms with van der Waals surface area (Å²) in [7, 11) is 0. The summed E-state index contributed by atoms with van der Waals surface area (Å²) < 4.78 is 13.8. The Bertz CT molecular complexity index is 564. The fourth-order valence-corrected chi connectivity index (χ4v) is 2.78. The number of aromatic hydroxyl groups is 1. The molecule has 0 saturated carbocycles. The van der Waals surface area contributed by atoms with E-state index in [9.17, 15) is 9.50 Å². The molecule has 2 rings (SSSR count). The van der Waals surface area contributed by atoms with Gasteiger partial charge in [0, 0.05) is 5.39 Å². The number of thioether (sulfide) groups is 1. The molecule has 1 N–H and O–H groups in total. The second-order valence-electron chi connectivity index (χ2n) is 4.37. The molecular weight excluding hydrogens is 235 g/mol. The molecule has 0 aromatic heterocycles. The minimum absolute atomic E-state index is 0.197. The average molecular weight is 250 g/mol. The number of rotatable bonds is 2. The van der Waals surface area contributed by atoms with Crippen LogP contribution in [0.2, 0.25) is 0 Å². The smallest absolute Gasteiger partial charge is 0.137 e. The van der Waals surface area contributed by atoms with Crippen LogP contribution in [0.1, 0.15) is 25.3 Å². The van der Waals surface area contributed by atoms with E-state index in [1.807, 2.05) is 20.1 Å². The zero-order chi connectivity index (χ0) is 12.6. The zero-order valence-electron chi connectivity index (χ0n) is 10.1. The molecule has 0 unspecified atom stereocenters. The highest BCUT2D eigenvalue weighted by Crippen LogP contribution is 2.37. The first kappa shape index (κ1) is 12.2. The lowest BCUT2D eigenvalue weighted by Crippen LogP contribution is -1.93. The third kappa shape index (κ3) is 2.12. The van der Waals surface area contributed by atoms with Gasteiger partial charge in [0.2, 0.25) is 0 Å². The van der Waals surface area contributed by atoms with Crippen LogP contribution < -0.4 is 0 Å². The van der Waals surface area contributed by atoms with E-state index >= 15 is 0 Å². The van der Waals surface area contributed by atoms with Crippen molar-refractivity contribution in [1.82, 2.24) is 0 Å². The maximum atomic E-state index is 13.8. The molecule has 0 aliphatic heterocycles. The van der Waals surface area contributed by atoms with Crippen LogP contribution in [0.15, 0.2) is 29.2 Å². The lowest BCUT2D eigenvalue weighted by Gasteiger charge is -2.14. The average Bonchev–Trinajstić information content (AvgIpc) is 2.28. The van der Waals surface area contributed by atoms with Crippen molar-refractivity contribution in [1.29, 1.82) is 0 Å². The van der Waals surface area contributed by atoms with Crippen molar-refractivity contribution in [3.8, 4) is 5.75 Å². The molecule has 0 aliphatic rings. The summed E-state index contributed by atoms with van der Waals surface area (Å²) in [5.74, 6) is 0.287. The van der Waals surface area contributed by atoms with E-state index in [0.717, 1.165) is 16.3 Å². The Morgan fingerprint density at radius 1 is 1.24 bits per heavy atom. The monoisotopic (exact) mass is 250 g/mol. The van der Waals surface area contributed by atoms with E-state index in [2.05, 4.69) is 0 Å². The molecule has 2 aromatic rings. The van der Waals surface area contributed by atoms with Gasteiger partial charge in [0.1, 0.15) is 11.6 Å². The molecule has 0 radical (unpaired) electrons. The van der Waals surface area contributed by atoms with Gasteiger partial charge >= 0.3 is 0 Å². The van der Waals surface area contributed by atoms with Crippen molar-refractivity contribution in [2.24, 2.45) is 0 Å². The standard InChI is InChI=1S/C14H15FOS/c1-8(2)11-7-10(16)6-9-4-5-12(15)14(17-3)13(9)11/h4-8,16H,1-3H3. The molecule has 90 valence electrons. The predicted molar refractivity (Wildman–Crippen MR) is 71.4 cm³/mol. The maximum Gasteiger partial charge on any atom is 0.137 e. The first-order valence-electron chi connectivity index (χ1n) is 5.53. The Hall–Kier alpha value is -1.22. The van der Waals surface area contributed by atoms with Gasteiger partial charge in [-0.3, -0.25) is 0 Å². The Morgan fingerprint density at radius 3 is 2.53 bits per heavy atom. The molecule has 1 nitrogen and oxygen atoms in total. The third-order valence-corrected chi connectivity index (χ3v) is 3.67. The Kier molecular flexibility index (Phi) is 3.29. The number of hydrogen-bond donors (Lipinski definition) is 1. The Labute approximate surface area is 105 Å². The molecule has 0 heterocycles. The van der Waals surface area contributed by atoms with E-state index in [4.69, 9.17) is 0 Å². The fourth-order valence-electron chi connectivity index (χ4n) is 2.08. The number of benzene rings is 2. The molecule has 0 aliphatic carbocycles. The van der Waals surface area contributed by atoms with Gasteiger partial charge < -0.3 is 5.11 Å². The topological polar surface area (TPSA) is 20.2 Å². The van der Waals surface area contributed by atoms with E-state index < -0.39 is 0 Å². The quantitative estimate of drug-likeness (QED) is 0.790. The third-order valence-electron chi connectivity index (χ3n) is 2.86. The first-order valence-corrected chi connectivity index (χ1v) is 6.76. The summed E-state index contributed by atoms with van der Waals surface area (Å²) in [6.45, 7) is 4.09. The molecule has 0 bridgehead atoms. The van der Waals surface area contributed by atoms with Gasteiger partial charge in [-0.15, -0.1) is 11.8 Å². The van der Waals surface area contributed by atoms with E-state index in [-0.39, 0.29) is 17.5 Å². The van der Waals surface area contributed by atoms with Crippen molar-refractivity contribution in [2.45, 2.75) is 24.7 Å². The van der Waals surface area contributed by atoms with Crippen LogP contribution in [-0.4, -0.2) is 11.4 Å². The van der Waals surface area contributed by atoms with Gasteiger partial charge in [-0.05, 0) is 41.3 Å². The Balaban J connectivity index is 2.91. The Morgan fingerprint density at radius 2 is 1.94 bits per heavy atom. The van der Waals surface area contributed by atoms with Crippen LogP contribution in [0.4, 0.5) is 4.39 Å². The van der Waals surface area contributed by atoms with Crippen molar-refractivity contribution in [2.75, 3.05) is 6.26 Å². The molecule has 2 aromatic carbocycles. The highest BCUT2D eigenvalue weighted by Gasteiger charge is 2.14. The molecule has 0 spiro atoms. The van der Waals surface area contributed by atoms with Gasteiger partial charge in [0.15, 0.2) is 0 Å². The molecule has 0 fully saturated rings. The fraction of sp³-hybridized carbons (Fsp3) is 0.286. The summed E-state index contributed by atoms with van der Waals surface area (Å²) in [6, 6.07) is 6.58. The van der Waals surface area contributed by atoms with Crippen LogP contribution in [0, 0.1) is 5.82 Å². The lowest BCUT2D eigenvalue weighted by atomic mass is 9.95. The molecular formula is C14H15FOS. The van der Waals surface area contributed by atoms with E-state index in [0.29, 0.717) is 4.90 Å². The molecule has 0 amide bonds. The zero-order valence-corrected chi connectivity index (χ0v) is 10.9. The van der Waals surface area contributed by atoms with Gasteiger partial charge in [-0.2, -0.15) is 0 Å². The minimum Gasteiger partial charge on any atom is -0.508 e. The van der Waals surface area contributed by atoms with Gasteiger partial charge in [-0.1, -0.05) is 19.9 Å². The molecule has 3 heteroatoms. The van der Waals surface area contributed by atoms with E-state index in [1.165, 1.54) is 17.8 Å². The number of fused-ring (bicyclic) bond motifs is 1. The summed E-state index contributed by atoms with van der Waals surface area (Å²) >= 11 is 1.41. The van der Waals surface area contributed by atoms with Crippen LogP contribution in [0.25, 0.3) is 10.8 Å². The minimum atomic E-state index is -0.197. The molecule has 0 atom stereocenters. The molecule has 0 saturated heterocycles. The van der Waals surface area contributed by atoms with Gasteiger partial charge in [0.05, 0.1) is 4.90 Å². The summed E-state index contributed by atoms with van der Waals surface area (Å²) in [5, 5.41) is 11.5. The lowest BCUT2D eigenvalue weighted by molar-refractivity contribution is 0.475. The first-order chi connectivity index (χ1) is 8.04. The van der Waals surface area contributed by atoms with Crippen LogP contribution in [0.5, 0.6) is 5.75 Å². The summed E-state index contributed by atoms with van der Waals surface area (Å²) in [5.41, 5.74) is 0.990. The summed E-state index contributed by atoms with van der Waals surface area (Å²) in [6.07, 6.45) is 1.87. The SMILES string of the molecule is CSc1c(F)ccc2cc(O)cc(C(C)C)c12. The van der Waals surface area contributed by atoms with Gasteiger partial charge in [0.25, 0.3) is 0 Å². The second kappa shape index (κ2) is 4.57. The number of phenolic OH excluding ortho intramolecular Hbond substituents is 1. The van der Waals surface area contributed by atoms with Gasteiger partial charge in [-0.25, -0.2) is 4.39 Å². The normalized spacial score (nSPS) is 11.4. The maximum absolute atomic E-state index is 13.8. The highest BCUT2D eigenvalue weighted by atomic mass is 32.2. The highest BCUT2D eigenvalue weighted by molar-refractivity contribution is 7.98. The van der Waals surface area contributed by atoms with Crippen LogP contribution in [-0.2, 0) is 0 Å². The summed E-state index contributed by atoms with van der Waals surface area (Å²) in [4.78, 5) is 0.659. The molecule has 17 heavy (non-hydrogen) atoms. The van der Waals surface area contributed by atoms with Crippen molar-refractivity contribution < 1.29 is 9.50 Å². The van der Waals surface area contributed by atoms with E-state index in [1.54, 1.807) is 18.2 Å². The number of hydrogen-bond acceptors (Lipinski definition) is 2. The van der Waals surface area contributed by atoms with Crippen LogP contribution >= 0.6 is 11.8 Å². The largest absolute Gasteiger partial charge is 0.508 e. The second-order valence-corrected chi connectivity index (χ2v) is 5.18. The van der Waals surface area contributed by atoms with Crippen molar-refractivity contribution >= 4 is 22.5 Å². The predicted octanol–water partition coefficient (Wildman–Crippen LogP) is 4.53. The number of halogens is 1.